The van der Waals surface area contributed by atoms with Gasteiger partial charge in [-0.2, -0.15) is 0 Å². The second kappa shape index (κ2) is 5.28. The van der Waals surface area contributed by atoms with Gasteiger partial charge in [-0.15, -0.1) is 0 Å². The van der Waals surface area contributed by atoms with Gasteiger partial charge in [0.25, 0.3) is 0 Å². The summed E-state index contributed by atoms with van der Waals surface area (Å²) < 4.78 is 27.3. The first-order valence-corrected chi connectivity index (χ1v) is 8.17. The van der Waals surface area contributed by atoms with Gasteiger partial charge < -0.3 is 5.11 Å². The number of rotatable bonds is 4. The Morgan fingerprint density at radius 1 is 1.22 bits per heavy atom. The minimum absolute atomic E-state index is 0.0887. The number of sulfonamides is 1. The van der Waals surface area contributed by atoms with Crippen molar-refractivity contribution < 1.29 is 13.5 Å². The summed E-state index contributed by atoms with van der Waals surface area (Å²) >= 11 is 3.26. The fraction of sp³-hybridized carbons (Fsp3) is 0.500. The van der Waals surface area contributed by atoms with E-state index in [2.05, 4.69) is 20.7 Å². The fourth-order valence-electron chi connectivity index (χ4n) is 2.14. The number of aliphatic hydroxyl groups is 1. The highest BCUT2D eigenvalue weighted by atomic mass is 79.9. The molecule has 0 heterocycles. The zero-order chi connectivity index (χ0) is 13.2. The van der Waals surface area contributed by atoms with Crippen LogP contribution in [0.4, 0.5) is 0 Å². The molecule has 1 aliphatic rings. The molecule has 2 rings (SSSR count). The largest absolute Gasteiger partial charge is 0.389 e. The highest BCUT2D eigenvalue weighted by Crippen LogP contribution is 2.29. The van der Waals surface area contributed by atoms with Crippen molar-refractivity contribution in [3.63, 3.8) is 0 Å². The SMILES string of the molecule is O=S(=O)(NCC1(O)CCCC1)c1ccc(Br)cc1. The number of hydrogen-bond acceptors (Lipinski definition) is 3. The Balaban J connectivity index is 2.05. The third-order valence-electron chi connectivity index (χ3n) is 3.25. The molecule has 1 aromatic rings. The lowest BCUT2D eigenvalue weighted by Gasteiger charge is -2.22. The first-order valence-electron chi connectivity index (χ1n) is 5.89. The minimum atomic E-state index is -3.53. The van der Waals surface area contributed by atoms with Gasteiger partial charge >= 0.3 is 0 Å². The van der Waals surface area contributed by atoms with Crippen molar-refractivity contribution in [2.75, 3.05) is 6.54 Å². The van der Waals surface area contributed by atoms with E-state index >= 15 is 0 Å². The van der Waals surface area contributed by atoms with Crippen molar-refractivity contribution in [3.8, 4) is 0 Å². The van der Waals surface area contributed by atoms with E-state index in [0.29, 0.717) is 12.8 Å². The van der Waals surface area contributed by atoms with Gasteiger partial charge in [0.15, 0.2) is 0 Å². The van der Waals surface area contributed by atoms with Crippen LogP contribution in [0, 0.1) is 0 Å². The highest BCUT2D eigenvalue weighted by molar-refractivity contribution is 9.10. The van der Waals surface area contributed by atoms with E-state index < -0.39 is 15.6 Å². The van der Waals surface area contributed by atoms with Gasteiger partial charge in [0.05, 0.1) is 10.5 Å². The smallest absolute Gasteiger partial charge is 0.240 e. The van der Waals surface area contributed by atoms with Crippen molar-refractivity contribution >= 4 is 26.0 Å². The van der Waals surface area contributed by atoms with E-state index in [9.17, 15) is 13.5 Å². The first kappa shape index (κ1) is 14.0. The summed E-state index contributed by atoms with van der Waals surface area (Å²) in [6.07, 6.45) is 3.23. The van der Waals surface area contributed by atoms with Gasteiger partial charge in [0, 0.05) is 11.0 Å². The molecular weight excluding hydrogens is 318 g/mol. The Bertz CT molecular complexity index is 507. The van der Waals surface area contributed by atoms with Crippen molar-refractivity contribution in [1.82, 2.24) is 4.72 Å². The standard InChI is InChI=1S/C12H16BrNO3S/c13-10-3-5-11(6-4-10)18(16,17)14-9-12(15)7-1-2-8-12/h3-6,14-15H,1-2,7-9H2. The van der Waals surface area contributed by atoms with Crippen molar-refractivity contribution in [3.05, 3.63) is 28.7 Å². The molecule has 18 heavy (non-hydrogen) atoms. The summed E-state index contributed by atoms with van der Waals surface area (Å²) in [7, 11) is -3.53. The monoisotopic (exact) mass is 333 g/mol. The fourth-order valence-corrected chi connectivity index (χ4v) is 3.52. The summed E-state index contributed by atoms with van der Waals surface area (Å²) in [5, 5.41) is 10.1. The minimum Gasteiger partial charge on any atom is -0.389 e. The van der Waals surface area contributed by atoms with Crippen molar-refractivity contribution in [2.45, 2.75) is 36.2 Å². The summed E-state index contributed by atoms with van der Waals surface area (Å²) in [6.45, 7) is 0.0887. The summed E-state index contributed by atoms with van der Waals surface area (Å²) in [5.41, 5.74) is -0.873. The molecule has 1 aliphatic carbocycles. The molecule has 0 aliphatic heterocycles. The van der Waals surface area contributed by atoms with Crippen LogP contribution in [-0.4, -0.2) is 25.7 Å². The molecule has 1 fully saturated rings. The predicted octanol–water partition coefficient (Wildman–Crippen LogP) is 2.03. The van der Waals surface area contributed by atoms with Crippen LogP contribution in [0.5, 0.6) is 0 Å². The van der Waals surface area contributed by atoms with E-state index in [4.69, 9.17) is 0 Å². The van der Waals surface area contributed by atoms with E-state index in [1.807, 2.05) is 0 Å². The molecule has 1 saturated carbocycles. The van der Waals surface area contributed by atoms with E-state index in [-0.39, 0.29) is 11.4 Å². The molecule has 0 atom stereocenters. The molecule has 6 heteroatoms. The lowest BCUT2D eigenvalue weighted by atomic mass is 10.0. The van der Waals surface area contributed by atoms with Crippen LogP contribution in [0.15, 0.2) is 33.6 Å². The maximum atomic E-state index is 12.0. The summed E-state index contributed by atoms with van der Waals surface area (Å²) in [4.78, 5) is 0.215. The molecule has 0 aromatic heterocycles. The Hall–Kier alpha value is -0.430. The average Bonchev–Trinajstić information content (AvgIpc) is 2.75. The van der Waals surface area contributed by atoms with Gasteiger partial charge in [-0.05, 0) is 37.1 Å². The molecule has 0 bridgehead atoms. The maximum Gasteiger partial charge on any atom is 0.240 e. The lowest BCUT2D eigenvalue weighted by Crippen LogP contribution is -2.40. The maximum absolute atomic E-state index is 12.0. The Morgan fingerprint density at radius 3 is 2.33 bits per heavy atom. The molecule has 2 N–H and O–H groups in total. The van der Waals surface area contributed by atoms with Gasteiger partial charge in [-0.25, -0.2) is 13.1 Å². The predicted molar refractivity (Wildman–Crippen MR) is 72.7 cm³/mol. The Morgan fingerprint density at radius 2 is 1.78 bits per heavy atom. The van der Waals surface area contributed by atoms with Crippen LogP contribution < -0.4 is 4.72 Å². The molecule has 4 nitrogen and oxygen atoms in total. The third kappa shape index (κ3) is 3.32. The second-order valence-electron chi connectivity index (χ2n) is 4.71. The normalized spacial score (nSPS) is 19.0. The molecule has 0 amide bonds. The van der Waals surface area contributed by atoms with Gasteiger partial charge in [-0.1, -0.05) is 28.8 Å². The third-order valence-corrected chi connectivity index (χ3v) is 5.20. The molecule has 0 spiro atoms. The average molecular weight is 334 g/mol. The second-order valence-corrected chi connectivity index (χ2v) is 7.39. The van der Waals surface area contributed by atoms with Crippen molar-refractivity contribution in [1.29, 1.82) is 0 Å². The molecule has 0 saturated heterocycles. The van der Waals surface area contributed by atoms with Crippen LogP contribution in [0.3, 0.4) is 0 Å². The van der Waals surface area contributed by atoms with Gasteiger partial charge in [0.1, 0.15) is 0 Å². The number of halogens is 1. The summed E-state index contributed by atoms with van der Waals surface area (Å²) in [5.74, 6) is 0. The number of benzene rings is 1. The molecule has 100 valence electrons. The molecule has 0 unspecified atom stereocenters. The Kier molecular flexibility index (Phi) is 4.11. The van der Waals surface area contributed by atoms with E-state index in [0.717, 1.165) is 17.3 Å². The zero-order valence-corrected chi connectivity index (χ0v) is 12.3. The zero-order valence-electron chi connectivity index (χ0n) is 9.89. The van der Waals surface area contributed by atoms with Crippen LogP contribution in [0.25, 0.3) is 0 Å². The summed E-state index contributed by atoms with van der Waals surface area (Å²) in [6, 6.07) is 6.42. The van der Waals surface area contributed by atoms with Crippen LogP contribution in [0.1, 0.15) is 25.7 Å². The number of nitrogens with one attached hydrogen (secondary N) is 1. The van der Waals surface area contributed by atoms with Crippen LogP contribution in [0.2, 0.25) is 0 Å². The van der Waals surface area contributed by atoms with Gasteiger partial charge in [-0.3, -0.25) is 0 Å². The highest BCUT2D eigenvalue weighted by Gasteiger charge is 2.32. The molecule has 0 radical (unpaired) electrons. The van der Waals surface area contributed by atoms with E-state index in [1.165, 1.54) is 12.1 Å². The van der Waals surface area contributed by atoms with Crippen molar-refractivity contribution in [2.24, 2.45) is 0 Å². The van der Waals surface area contributed by atoms with Crippen LogP contribution >= 0.6 is 15.9 Å². The Labute approximate surface area is 116 Å². The topological polar surface area (TPSA) is 66.4 Å². The van der Waals surface area contributed by atoms with Gasteiger partial charge in [0.2, 0.25) is 10.0 Å². The first-order chi connectivity index (χ1) is 8.41. The molecular formula is C12H16BrNO3S. The lowest BCUT2D eigenvalue weighted by molar-refractivity contribution is 0.0532. The number of hydrogen-bond donors (Lipinski definition) is 2. The van der Waals surface area contributed by atoms with Crippen LogP contribution in [-0.2, 0) is 10.0 Å². The van der Waals surface area contributed by atoms with E-state index in [1.54, 1.807) is 12.1 Å². The molecule has 1 aromatic carbocycles. The quantitative estimate of drug-likeness (QED) is 0.885.